The van der Waals surface area contributed by atoms with Crippen LogP contribution >= 0.6 is 0 Å². The van der Waals surface area contributed by atoms with Crippen LogP contribution in [0.15, 0.2) is 54.6 Å². The molecule has 3 aromatic carbocycles. The molecule has 6 aliphatic rings. The molecule has 2 nitrogen and oxygen atoms in total. The van der Waals surface area contributed by atoms with Gasteiger partial charge in [0.2, 0.25) is 0 Å². The Kier molecular flexibility index (Phi) is 3.97. The first kappa shape index (κ1) is 21.0. The van der Waals surface area contributed by atoms with Crippen LogP contribution in [-0.2, 0) is 14.7 Å². The Labute approximate surface area is 209 Å². The van der Waals surface area contributed by atoms with Crippen LogP contribution in [0.5, 0.6) is 0 Å². The molecule has 0 aromatic heterocycles. The van der Waals surface area contributed by atoms with Crippen LogP contribution in [0.4, 0.5) is 0 Å². The molecule has 3 heteroatoms. The van der Waals surface area contributed by atoms with Crippen molar-refractivity contribution in [3.63, 3.8) is 0 Å². The fourth-order valence-electron chi connectivity index (χ4n) is 9.20. The highest BCUT2D eigenvalue weighted by atomic mass is 16.7. The van der Waals surface area contributed by atoms with E-state index in [1.807, 2.05) is 0 Å². The third-order valence-corrected chi connectivity index (χ3v) is 11.1. The lowest BCUT2D eigenvalue weighted by atomic mass is 9.43. The van der Waals surface area contributed by atoms with E-state index < -0.39 is 0 Å². The SMILES string of the molecule is CC1(C)OB(c2cccc3c2-c2c(ccc4ccccc24)C32C3CC4CC(C3)CC2C4)OC1(C)C. The van der Waals surface area contributed by atoms with Crippen LogP contribution in [0.2, 0.25) is 0 Å². The van der Waals surface area contributed by atoms with Gasteiger partial charge in [0.25, 0.3) is 0 Å². The van der Waals surface area contributed by atoms with Crippen LogP contribution in [0.1, 0.15) is 70.9 Å². The lowest BCUT2D eigenvalue weighted by Crippen LogP contribution is -2.55. The normalized spacial score (nSPS) is 35.1. The first-order valence-corrected chi connectivity index (χ1v) is 13.8. The zero-order valence-corrected chi connectivity index (χ0v) is 21.4. The Morgan fingerprint density at radius 2 is 1.29 bits per heavy atom. The summed E-state index contributed by atoms with van der Waals surface area (Å²) in [6, 6.07) is 20.9. The predicted octanol–water partition coefficient (Wildman–Crippen LogP) is 6.86. The Bertz CT molecular complexity index is 1340. The third-order valence-electron chi connectivity index (χ3n) is 11.1. The van der Waals surface area contributed by atoms with Crippen LogP contribution < -0.4 is 5.46 Å². The summed E-state index contributed by atoms with van der Waals surface area (Å²) in [7, 11) is -0.339. The Balaban J connectivity index is 1.43. The minimum atomic E-state index is -0.346. The maximum absolute atomic E-state index is 6.67. The van der Waals surface area contributed by atoms with Gasteiger partial charge in [0, 0.05) is 5.41 Å². The molecule has 3 aromatic rings. The van der Waals surface area contributed by atoms with Gasteiger partial charge in [-0.15, -0.1) is 0 Å². The van der Waals surface area contributed by atoms with Gasteiger partial charge in [-0.3, -0.25) is 0 Å². The number of rotatable bonds is 1. The van der Waals surface area contributed by atoms with Gasteiger partial charge in [0.1, 0.15) is 0 Å². The second kappa shape index (κ2) is 6.61. The van der Waals surface area contributed by atoms with Gasteiger partial charge in [-0.05, 0) is 122 Å². The van der Waals surface area contributed by atoms with E-state index in [-0.39, 0.29) is 23.7 Å². The monoisotopic (exact) mass is 462 g/mol. The number of benzene rings is 3. The Hall–Kier alpha value is -2.10. The van der Waals surface area contributed by atoms with Crippen molar-refractivity contribution in [2.24, 2.45) is 23.7 Å². The van der Waals surface area contributed by atoms with Gasteiger partial charge in [-0.2, -0.15) is 0 Å². The molecule has 5 aliphatic carbocycles. The van der Waals surface area contributed by atoms with E-state index in [0.717, 1.165) is 23.7 Å². The molecule has 0 unspecified atom stereocenters. The van der Waals surface area contributed by atoms with E-state index in [9.17, 15) is 0 Å². The van der Waals surface area contributed by atoms with Crippen molar-refractivity contribution < 1.29 is 9.31 Å². The Morgan fingerprint density at radius 3 is 1.97 bits per heavy atom. The van der Waals surface area contributed by atoms with Crippen molar-refractivity contribution >= 4 is 23.4 Å². The summed E-state index contributed by atoms with van der Waals surface area (Å²) < 4.78 is 13.3. The summed E-state index contributed by atoms with van der Waals surface area (Å²) in [5.74, 6) is 3.41. The average molecular weight is 462 g/mol. The summed E-state index contributed by atoms with van der Waals surface area (Å²) in [6.45, 7) is 8.66. The second-order valence-corrected chi connectivity index (χ2v) is 13.2. The summed E-state index contributed by atoms with van der Waals surface area (Å²) >= 11 is 0. The summed E-state index contributed by atoms with van der Waals surface area (Å²) in [6.07, 6.45) is 7.09. The van der Waals surface area contributed by atoms with Crippen molar-refractivity contribution in [3.05, 3.63) is 65.7 Å². The molecule has 35 heavy (non-hydrogen) atoms. The lowest BCUT2D eigenvalue weighted by molar-refractivity contribution is -0.0399. The van der Waals surface area contributed by atoms with Gasteiger partial charge in [-0.1, -0.05) is 54.6 Å². The van der Waals surface area contributed by atoms with E-state index in [2.05, 4.69) is 82.3 Å². The average Bonchev–Trinajstić information content (AvgIpc) is 3.24. The number of hydrogen-bond donors (Lipinski definition) is 0. The second-order valence-electron chi connectivity index (χ2n) is 13.2. The third kappa shape index (κ3) is 2.50. The highest BCUT2D eigenvalue weighted by Crippen LogP contribution is 2.69. The number of hydrogen-bond acceptors (Lipinski definition) is 2. The molecule has 0 N–H and O–H groups in total. The molecule has 1 heterocycles. The maximum Gasteiger partial charge on any atom is 0.495 e. The Morgan fingerprint density at radius 1 is 0.657 bits per heavy atom. The largest absolute Gasteiger partial charge is 0.495 e. The zero-order valence-electron chi connectivity index (χ0n) is 21.4. The van der Waals surface area contributed by atoms with E-state index in [4.69, 9.17) is 9.31 Å². The minimum absolute atomic E-state index is 0.155. The number of fused-ring (bicyclic) bond motifs is 5. The molecule has 1 aliphatic heterocycles. The predicted molar refractivity (Wildman–Crippen MR) is 143 cm³/mol. The molecule has 9 rings (SSSR count). The molecule has 1 spiro atoms. The highest BCUT2D eigenvalue weighted by molar-refractivity contribution is 6.64. The van der Waals surface area contributed by atoms with Crippen molar-refractivity contribution in [2.75, 3.05) is 0 Å². The maximum atomic E-state index is 6.67. The van der Waals surface area contributed by atoms with Crippen molar-refractivity contribution in [3.8, 4) is 11.1 Å². The molecule has 4 bridgehead atoms. The van der Waals surface area contributed by atoms with Gasteiger partial charge >= 0.3 is 7.12 Å². The van der Waals surface area contributed by atoms with Gasteiger partial charge in [0.15, 0.2) is 0 Å². The molecule has 1 saturated heterocycles. The van der Waals surface area contributed by atoms with E-state index in [1.54, 1.807) is 11.1 Å². The van der Waals surface area contributed by atoms with Gasteiger partial charge < -0.3 is 9.31 Å². The summed E-state index contributed by atoms with van der Waals surface area (Å²) in [5.41, 5.74) is 6.75. The molecule has 0 atom stereocenters. The fraction of sp³-hybridized carbons (Fsp3) is 0.500. The van der Waals surface area contributed by atoms with E-state index in [0.29, 0.717) is 0 Å². The summed E-state index contributed by atoms with van der Waals surface area (Å²) in [5, 5.41) is 2.72. The first-order chi connectivity index (χ1) is 16.8. The fourth-order valence-corrected chi connectivity index (χ4v) is 9.20. The van der Waals surface area contributed by atoms with Crippen LogP contribution in [0, 0.1) is 23.7 Å². The first-order valence-electron chi connectivity index (χ1n) is 13.8. The topological polar surface area (TPSA) is 18.5 Å². The lowest BCUT2D eigenvalue weighted by Gasteiger charge is -2.61. The molecule has 0 radical (unpaired) electrons. The molecule has 5 fully saturated rings. The zero-order chi connectivity index (χ0) is 23.7. The summed E-state index contributed by atoms with van der Waals surface area (Å²) in [4.78, 5) is 0. The molecule has 4 saturated carbocycles. The van der Waals surface area contributed by atoms with E-state index in [1.165, 1.54) is 59.5 Å². The van der Waals surface area contributed by atoms with Crippen LogP contribution in [0.3, 0.4) is 0 Å². The van der Waals surface area contributed by atoms with Gasteiger partial charge in [-0.25, -0.2) is 0 Å². The van der Waals surface area contributed by atoms with E-state index >= 15 is 0 Å². The van der Waals surface area contributed by atoms with Crippen molar-refractivity contribution in [2.45, 2.75) is 76.4 Å². The molecular weight excluding hydrogens is 427 g/mol. The van der Waals surface area contributed by atoms with Crippen molar-refractivity contribution in [1.82, 2.24) is 0 Å². The van der Waals surface area contributed by atoms with Crippen molar-refractivity contribution in [1.29, 1.82) is 0 Å². The molecule has 0 amide bonds. The quantitative estimate of drug-likeness (QED) is 0.368. The minimum Gasteiger partial charge on any atom is -0.399 e. The molecular formula is C32H35BO2. The van der Waals surface area contributed by atoms with Crippen LogP contribution in [-0.4, -0.2) is 18.3 Å². The smallest absolute Gasteiger partial charge is 0.399 e. The highest BCUT2D eigenvalue weighted by Gasteiger charge is 2.62. The van der Waals surface area contributed by atoms with Gasteiger partial charge in [0.05, 0.1) is 11.2 Å². The van der Waals surface area contributed by atoms with Crippen LogP contribution in [0.25, 0.3) is 21.9 Å². The molecule has 178 valence electrons. The standard InChI is InChI=1S/C32H35BO2/c1-30(2)31(3,4)35-33(34-30)27-11-7-10-25-29(27)28-24-9-6-5-8-21(24)12-13-26(28)32(25)22-15-19-14-20(17-22)18-23(32)16-19/h5-13,19-20,22-23H,14-18H2,1-4H3.